The van der Waals surface area contributed by atoms with Crippen LogP contribution in [0.25, 0.3) is 0 Å². The Kier molecular flexibility index (Phi) is 5.84. The fraction of sp³-hybridized carbons (Fsp3) is 0.150. The van der Waals surface area contributed by atoms with Gasteiger partial charge in [0.05, 0.1) is 5.25 Å². The minimum atomic E-state index is -0.521. The zero-order valence-corrected chi connectivity index (χ0v) is 16.1. The number of likely N-dealkylation sites (N-methyl/N-ethyl adjacent to an activating group) is 1. The average molecular weight is 398 g/mol. The Morgan fingerprint density at radius 1 is 1.22 bits per heavy atom. The molecular formula is C20H16ClN3O2S. The Morgan fingerprint density at radius 3 is 2.48 bits per heavy atom. The van der Waals surface area contributed by atoms with Crippen LogP contribution in [0.3, 0.4) is 0 Å². The fourth-order valence-electron chi connectivity index (χ4n) is 2.77. The van der Waals surface area contributed by atoms with Crippen molar-refractivity contribution in [3.63, 3.8) is 0 Å². The van der Waals surface area contributed by atoms with E-state index in [1.807, 2.05) is 36.4 Å². The summed E-state index contributed by atoms with van der Waals surface area (Å²) >= 11 is 7.19. The molecule has 0 aromatic heterocycles. The maximum atomic E-state index is 13.1. The van der Waals surface area contributed by atoms with Crippen molar-refractivity contribution < 1.29 is 9.59 Å². The summed E-state index contributed by atoms with van der Waals surface area (Å²) in [6.07, 6.45) is 0.504. The smallest absolute Gasteiger partial charge is 0.264 e. The molecule has 27 heavy (non-hydrogen) atoms. The Morgan fingerprint density at radius 2 is 1.89 bits per heavy atom. The number of halogens is 1. The van der Waals surface area contributed by atoms with Crippen molar-refractivity contribution >= 4 is 40.9 Å². The van der Waals surface area contributed by atoms with Crippen LogP contribution >= 0.6 is 23.4 Å². The zero-order chi connectivity index (χ0) is 19.4. The number of thioether (sulfide) groups is 1. The Hall–Kier alpha value is -2.75. The van der Waals surface area contributed by atoms with Crippen LogP contribution in [0.5, 0.6) is 0 Å². The van der Waals surface area contributed by atoms with Gasteiger partial charge in [0.2, 0.25) is 5.91 Å². The predicted octanol–water partition coefficient (Wildman–Crippen LogP) is 3.51. The van der Waals surface area contributed by atoms with Crippen LogP contribution < -0.4 is 10.2 Å². The van der Waals surface area contributed by atoms with Crippen LogP contribution in [0.1, 0.15) is 5.56 Å². The summed E-state index contributed by atoms with van der Waals surface area (Å²) in [5.74, 6) is -0.690. The molecule has 7 heteroatoms. The monoisotopic (exact) mass is 397 g/mol. The molecule has 1 aliphatic heterocycles. The van der Waals surface area contributed by atoms with Crippen LogP contribution in [0, 0.1) is 11.3 Å². The maximum Gasteiger partial charge on any atom is 0.264 e. The highest BCUT2D eigenvalue weighted by atomic mass is 35.5. The second-order valence-electron chi connectivity index (χ2n) is 5.82. The Balaban J connectivity index is 2.04. The van der Waals surface area contributed by atoms with Crippen LogP contribution in [0.4, 0.5) is 5.69 Å². The lowest BCUT2D eigenvalue weighted by Gasteiger charge is -2.18. The molecule has 1 atom stereocenters. The average Bonchev–Trinajstić information content (AvgIpc) is 3.00. The van der Waals surface area contributed by atoms with Crippen molar-refractivity contribution in [1.29, 1.82) is 5.26 Å². The number of hydrogen-bond donors (Lipinski definition) is 1. The van der Waals surface area contributed by atoms with Crippen molar-refractivity contribution in [2.75, 3.05) is 11.9 Å². The van der Waals surface area contributed by atoms with Crippen molar-refractivity contribution in [3.8, 4) is 6.07 Å². The third-order valence-electron chi connectivity index (χ3n) is 4.08. The number of benzene rings is 2. The topological polar surface area (TPSA) is 73.2 Å². The van der Waals surface area contributed by atoms with E-state index in [2.05, 4.69) is 5.32 Å². The molecule has 1 aliphatic rings. The lowest BCUT2D eigenvalue weighted by atomic mass is 10.1. The lowest BCUT2D eigenvalue weighted by Crippen LogP contribution is -2.31. The van der Waals surface area contributed by atoms with Gasteiger partial charge in [-0.3, -0.25) is 14.5 Å². The van der Waals surface area contributed by atoms with E-state index >= 15 is 0 Å². The van der Waals surface area contributed by atoms with Gasteiger partial charge in [0.15, 0.2) is 0 Å². The lowest BCUT2D eigenvalue weighted by molar-refractivity contribution is -0.117. The minimum absolute atomic E-state index is 0.0821. The van der Waals surface area contributed by atoms with E-state index in [9.17, 15) is 14.9 Å². The fourth-order valence-corrected chi connectivity index (χ4v) is 4.20. The molecule has 1 heterocycles. The first-order valence-electron chi connectivity index (χ1n) is 8.21. The number of hydrogen-bond acceptors (Lipinski definition) is 4. The first-order valence-corrected chi connectivity index (χ1v) is 9.47. The maximum absolute atomic E-state index is 13.1. The molecule has 1 unspecified atom stereocenters. The number of nitrogens with one attached hydrogen (secondary N) is 1. The molecule has 0 aliphatic carbocycles. The van der Waals surface area contributed by atoms with E-state index in [1.165, 1.54) is 23.7 Å². The summed E-state index contributed by atoms with van der Waals surface area (Å²) < 4.78 is 0. The van der Waals surface area contributed by atoms with Crippen LogP contribution in [0.15, 0.2) is 65.2 Å². The largest absolute Gasteiger partial charge is 0.354 e. The molecule has 1 N–H and O–H groups in total. The van der Waals surface area contributed by atoms with Gasteiger partial charge in [-0.1, -0.05) is 53.7 Å². The molecular weight excluding hydrogens is 382 g/mol. The molecule has 136 valence electrons. The van der Waals surface area contributed by atoms with Gasteiger partial charge in [0.25, 0.3) is 5.91 Å². The van der Waals surface area contributed by atoms with Gasteiger partial charge in [-0.15, -0.1) is 0 Å². The van der Waals surface area contributed by atoms with E-state index in [4.69, 9.17) is 11.6 Å². The van der Waals surface area contributed by atoms with Crippen molar-refractivity contribution in [2.45, 2.75) is 11.7 Å². The van der Waals surface area contributed by atoms with E-state index < -0.39 is 11.2 Å². The number of carbonyl (C=O) groups excluding carboxylic acids is 2. The third-order valence-corrected chi connectivity index (χ3v) is 5.60. The molecule has 2 aromatic carbocycles. The SMILES string of the molecule is CNC(=O)C(C#N)=C1SC(Cc2ccccc2)C(=O)N1c1ccc(Cl)cc1. The summed E-state index contributed by atoms with van der Waals surface area (Å²) in [6.45, 7) is 0. The number of rotatable bonds is 4. The summed E-state index contributed by atoms with van der Waals surface area (Å²) in [5, 5.41) is 12.4. The highest BCUT2D eigenvalue weighted by molar-refractivity contribution is 8.05. The number of anilines is 1. The summed E-state index contributed by atoms with van der Waals surface area (Å²) in [5.41, 5.74) is 1.50. The predicted molar refractivity (Wildman–Crippen MR) is 107 cm³/mol. The van der Waals surface area contributed by atoms with Gasteiger partial charge in [0, 0.05) is 17.8 Å². The van der Waals surface area contributed by atoms with Gasteiger partial charge >= 0.3 is 0 Å². The molecule has 0 bridgehead atoms. The van der Waals surface area contributed by atoms with Gasteiger partial charge in [0.1, 0.15) is 16.7 Å². The molecule has 5 nitrogen and oxygen atoms in total. The van der Waals surface area contributed by atoms with Gasteiger partial charge < -0.3 is 5.32 Å². The number of carbonyl (C=O) groups is 2. The van der Waals surface area contributed by atoms with Crippen LogP contribution in [0.2, 0.25) is 5.02 Å². The summed E-state index contributed by atoms with van der Waals surface area (Å²) in [6, 6.07) is 18.3. The summed E-state index contributed by atoms with van der Waals surface area (Å²) in [4.78, 5) is 26.7. The number of nitriles is 1. The second-order valence-corrected chi connectivity index (χ2v) is 7.45. The molecule has 1 saturated heterocycles. The minimum Gasteiger partial charge on any atom is -0.354 e. The third kappa shape index (κ3) is 4.00. The van der Waals surface area contributed by atoms with E-state index in [1.54, 1.807) is 24.3 Å². The molecule has 0 radical (unpaired) electrons. The molecule has 2 amide bonds. The quantitative estimate of drug-likeness (QED) is 0.632. The molecule has 0 saturated carbocycles. The van der Waals surface area contributed by atoms with Crippen molar-refractivity contribution in [3.05, 3.63) is 75.8 Å². The standard InChI is InChI=1S/C20H16ClN3O2S/c1-23-18(25)16(12-22)20-24(15-9-7-14(21)8-10-15)19(26)17(27-20)11-13-5-3-2-4-6-13/h2-10,17H,11H2,1H3,(H,23,25). The highest BCUT2D eigenvalue weighted by Gasteiger charge is 2.40. The number of amides is 2. The zero-order valence-electron chi connectivity index (χ0n) is 14.5. The van der Waals surface area contributed by atoms with Gasteiger partial charge in [-0.2, -0.15) is 5.26 Å². The number of nitrogens with zero attached hydrogens (tertiary/aromatic N) is 2. The van der Waals surface area contributed by atoms with Crippen molar-refractivity contribution in [1.82, 2.24) is 5.32 Å². The highest BCUT2D eigenvalue weighted by Crippen LogP contribution is 2.42. The van der Waals surface area contributed by atoms with Gasteiger partial charge in [-0.05, 0) is 36.2 Å². The molecule has 3 rings (SSSR count). The van der Waals surface area contributed by atoms with Crippen LogP contribution in [-0.4, -0.2) is 24.1 Å². The summed E-state index contributed by atoms with van der Waals surface area (Å²) in [7, 11) is 1.45. The Bertz CT molecular complexity index is 936. The van der Waals surface area contributed by atoms with E-state index in [-0.39, 0.29) is 11.5 Å². The molecule has 2 aromatic rings. The van der Waals surface area contributed by atoms with Crippen LogP contribution in [-0.2, 0) is 16.0 Å². The molecule has 0 spiro atoms. The van der Waals surface area contributed by atoms with E-state index in [0.29, 0.717) is 22.2 Å². The first-order chi connectivity index (χ1) is 13.0. The first kappa shape index (κ1) is 19.0. The molecule has 1 fully saturated rings. The van der Waals surface area contributed by atoms with Crippen molar-refractivity contribution in [2.24, 2.45) is 0 Å². The van der Waals surface area contributed by atoms with Gasteiger partial charge in [-0.25, -0.2) is 0 Å². The Labute approximate surface area is 166 Å². The van der Waals surface area contributed by atoms with E-state index in [0.717, 1.165) is 5.56 Å². The second kappa shape index (κ2) is 8.30. The normalized spacial score (nSPS) is 18.2.